The second-order valence-corrected chi connectivity index (χ2v) is 12.0. The van der Waals surface area contributed by atoms with Crippen molar-refractivity contribution >= 4 is 45.8 Å². The molecule has 6 nitrogen and oxygen atoms in total. The van der Waals surface area contributed by atoms with E-state index in [1.807, 2.05) is 30.0 Å². The summed E-state index contributed by atoms with van der Waals surface area (Å²) in [4.78, 5) is 30.3. The van der Waals surface area contributed by atoms with E-state index < -0.39 is 0 Å². The van der Waals surface area contributed by atoms with Gasteiger partial charge in [-0.2, -0.15) is 0 Å². The number of benzene rings is 1. The largest absolute Gasteiger partial charge is 0.343 e. The fourth-order valence-corrected chi connectivity index (χ4v) is 6.35. The van der Waals surface area contributed by atoms with Crippen molar-refractivity contribution in [2.75, 3.05) is 18.1 Å². The molecule has 8 heteroatoms. The van der Waals surface area contributed by atoms with Crippen molar-refractivity contribution in [1.82, 2.24) is 14.3 Å². The van der Waals surface area contributed by atoms with Crippen molar-refractivity contribution in [2.45, 2.75) is 65.7 Å². The molecule has 4 rings (SSSR count). The number of hydrogen-bond acceptors (Lipinski definition) is 5. The van der Waals surface area contributed by atoms with Crippen LogP contribution in [0.4, 0.5) is 5.13 Å². The molecule has 0 saturated carbocycles. The maximum absolute atomic E-state index is 12.9. The molecule has 0 atom stereocenters. The maximum atomic E-state index is 12.9. The Morgan fingerprint density at radius 3 is 2.76 bits per heavy atom. The number of nitrogens with one attached hydrogen (secondary N) is 2. The van der Waals surface area contributed by atoms with E-state index in [2.05, 4.69) is 71.2 Å². The van der Waals surface area contributed by atoms with E-state index in [9.17, 15) is 9.59 Å². The van der Waals surface area contributed by atoms with Crippen LogP contribution in [0.2, 0.25) is 0 Å². The highest BCUT2D eigenvalue weighted by Gasteiger charge is 2.23. The summed E-state index contributed by atoms with van der Waals surface area (Å²) in [6.07, 6.45) is 15.4. The van der Waals surface area contributed by atoms with Crippen LogP contribution in [0.25, 0.3) is 16.8 Å². The molecule has 1 aromatic carbocycles. The zero-order valence-corrected chi connectivity index (χ0v) is 26.1. The lowest BCUT2D eigenvalue weighted by Gasteiger charge is -2.14. The molecular formula is C33H40N4O2S2. The number of hydrogen-bond donors (Lipinski definition) is 2. The van der Waals surface area contributed by atoms with Crippen LogP contribution in [0.15, 0.2) is 65.7 Å². The van der Waals surface area contributed by atoms with Crippen LogP contribution in [-0.4, -0.2) is 33.6 Å². The molecule has 2 N–H and O–H groups in total. The molecule has 2 heterocycles. The van der Waals surface area contributed by atoms with Gasteiger partial charge in [0.25, 0.3) is 5.91 Å². The lowest BCUT2D eigenvalue weighted by atomic mass is 9.95. The minimum absolute atomic E-state index is 0.110. The highest BCUT2D eigenvalue weighted by Crippen LogP contribution is 2.30. The summed E-state index contributed by atoms with van der Waals surface area (Å²) in [5.74, 6) is -0.508. The first kappa shape index (κ1) is 30.6. The minimum atomic E-state index is -0.300. The number of carbonyl (C=O) groups is 2. The third-order valence-electron chi connectivity index (χ3n) is 7.26. The number of aromatic nitrogens is 2. The molecule has 1 aliphatic rings. The molecule has 0 bridgehead atoms. The number of amides is 2. The number of rotatable bonds is 12. The van der Waals surface area contributed by atoms with Gasteiger partial charge in [-0.15, -0.1) is 11.3 Å². The highest BCUT2D eigenvalue weighted by atomic mass is 32.2. The predicted molar refractivity (Wildman–Crippen MR) is 175 cm³/mol. The fourth-order valence-electron chi connectivity index (χ4n) is 4.98. The monoisotopic (exact) mass is 588 g/mol. The van der Waals surface area contributed by atoms with Crippen LogP contribution in [0.3, 0.4) is 0 Å². The van der Waals surface area contributed by atoms with Crippen LogP contribution in [-0.2, 0) is 17.6 Å². The van der Waals surface area contributed by atoms with E-state index in [4.69, 9.17) is 0 Å². The van der Waals surface area contributed by atoms with E-state index in [0.29, 0.717) is 10.7 Å². The van der Waals surface area contributed by atoms with Crippen molar-refractivity contribution in [2.24, 2.45) is 0 Å². The van der Waals surface area contributed by atoms with E-state index >= 15 is 0 Å². The summed E-state index contributed by atoms with van der Waals surface area (Å²) in [5.41, 5.74) is 9.44. The Bertz CT molecular complexity index is 1480. The molecule has 2 aromatic heterocycles. The SMILES string of the molecule is C=C(/C=C(\C=C(\C)CC)c1cccc(-c2csc(NC(=O)CNC(=O)c3cn(SC)c4c3CCCC4)n2)c1)CCC. The molecule has 2 amide bonds. The van der Waals surface area contributed by atoms with Crippen LogP contribution in [0.5, 0.6) is 0 Å². The van der Waals surface area contributed by atoms with E-state index in [-0.39, 0.29) is 18.4 Å². The van der Waals surface area contributed by atoms with Gasteiger partial charge >= 0.3 is 0 Å². The van der Waals surface area contributed by atoms with Gasteiger partial charge in [0, 0.05) is 29.1 Å². The number of nitrogens with zero attached hydrogens (tertiary/aromatic N) is 2. The van der Waals surface area contributed by atoms with Gasteiger partial charge < -0.3 is 10.6 Å². The second-order valence-electron chi connectivity index (χ2n) is 10.4. The van der Waals surface area contributed by atoms with Crippen LogP contribution in [0.1, 0.15) is 80.1 Å². The normalized spacial score (nSPS) is 13.6. The van der Waals surface area contributed by atoms with Crippen LogP contribution >= 0.6 is 23.3 Å². The molecule has 0 fully saturated rings. The highest BCUT2D eigenvalue weighted by molar-refractivity contribution is 7.97. The van der Waals surface area contributed by atoms with Crippen LogP contribution in [0, 0.1) is 0 Å². The quantitative estimate of drug-likeness (QED) is 0.210. The van der Waals surface area contributed by atoms with Crippen molar-refractivity contribution < 1.29 is 9.59 Å². The second kappa shape index (κ2) is 14.5. The van der Waals surface area contributed by atoms with Gasteiger partial charge in [0.1, 0.15) is 0 Å². The standard InChI is InChI=1S/C33H40N4O2S2/c1-6-11-23(4)17-26(16-22(3)7-2)24-12-10-13-25(18-24)29-21-41-33(35-29)36-31(38)19-34-32(39)28-20-37(40-5)30-15-9-8-14-27(28)30/h10,12-13,16-18,20-21H,4,6-9,11,14-15,19H2,1-3,5H3,(H,34,39)(H,35,36,38)/b22-16-,26-17+. The number of fused-ring (bicyclic) bond motifs is 1. The average molecular weight is 589 g/mol. The topological polar surface area (TPSA) is 76.0 Å². The van der Waals surface area contributed by atoms with Gasteiger partial charge in [-0.1, -0.05) is 68.3 Å². The molecule has 0 spiro atoms. The molecule has 216 valence electrons. The zero-order valence-electron chi connectivity index (χ0n) is 24.5. The predicted octanol–water partition coefficient (Wildman–Crippen LogP) is 8.08. The van der Waals surface area contributed by atoms with Gasteiger partial charge in [0.05, 0.1) is 17.8 Å². The number of thiazole rings is 1. The third-order valence-corrected chi connectivity index (χ3v) is 8.74. The Labute approximate surface area is 252 Å². The Morgan fingerprint density at radius 2 is 2.00 bits per heavy atom. The molecule has 0 radical (unpaired) electrons. The first-order valence-corrected chi connectivity index (χ1v) is 16.4. The summed E-state index contributed by atoms with van der Waals surface area (Å²) in [6, 6.07) is 8.30. The summed E-state index contributed by atoms with van der Waals surface area (Å²) in [7, 11) is 0. The molecule has 3 aromatic rings. The van der Waals surface area contributed by atoms with Crippen molar-refractivity contribution in [3.63, 3.8) is 0 Å². The Hall–Kier alpha value is -3.36. The Balaban J connectivity index is 1.42. The number of allylic oxidation sites excluding steroid dienone is 5. The van der Waals surface area contributed by atoms with E-state index in [0.717, 1.165) is 78.5 Å². The van der Waals surface area contributed by atoms with E-state index in [1.165, 1.54) is 22.6 Å². The average Bonchev–Trinajstić information content (AvgIpc) is 3.60. The number of carbonyl (C=O) groups excluding carboxylic acids is 2. The summed E-state index contributed by atoms with van der Waals surface area (Å²) < 4.78 is 2.08. The van der Waals surface area contributed by atoms with Gasteiger partial charge in [-0.05, 0) is 80.2 Å². The molecule has 0 unspecified atom stereocenters. The van der Waals surface area contributed by atoms with Gasteiger partial charge in [-0.25, -0.2) is 4.98 Å². The number of anilines is 1. The van der Waals surface area contributed by atoms with Gasteiger partial charge in [-0.3, -0.25) is 13.6 Å². The molecule has 41 heavy (non-hydrogen) atoms. The molecular weight excluding hydrogens is 549 g/mol. The fraction of sp³-hybridized carbons (Fsp3) is 0.364. The van der Waals surface area contributed by atoms with Crippen molar-refractivity contribution in [3.8, 4) is 11.3 Å². The van der Waals surface area contributed by atoms with Gasteiger partial charge in [0.15, 0.2) is 5.13 Å². The Morgan fingerprint density at radius 1 is 1.20 bits per heavy atom. The molecule has 1 aliphatic carbocycles. The Kier molecular flexibility index (Phi) is 10.8. The maximum Gasteiger partial charge on any atom is 0.253 e. The molecule has 0 aliphatic heterocycles. The molecule has 0 saturated heterocycles. The smallest absolute Gasteiger partial charge is 0.253 e. The summed E-state index contributed by atoms with van der Waals surface area (Å²) in [6.45, 7) is 10.6. The van der Waals surface area contributed by atoms with E-state index in [1.54, 1.807) is 11.9 Å². The minimum Gasteiger partial charge on any atom is -0.343 e. The first-order chi connectivity index (χ1) is 19.8. The summed E-state index contributed by atoms with van der Waals surface area (Å²) in [5, 5.41) is 8.08. The lowest BCUT2D eigenvalue weighted by Crippen LogP contribution is -2.33. The third kappa shape index (κ3) is 7.89. The van der Waals surface area contributed by atoms with Crippen molar-refractivity contribution in [1.29, 1.82) is 0 Å². The lowest BCUT2D eigenvalue weighted by molar-refractivity contribution is -0.115. The van der Waals surface area contributed by atoms with Crippen molar-refractivity contribution in [3.05, 3.63) is 88.1 Å². The van der Waals surface area contributed by atoms with Gasteiger partial charge in [0.2, 0.25) is 5.91 Å². The first-order valence-electron chi connectivity index (χ1n) is 14.3. The summed E-state index contributed by atoms with van der Waals surface area (Å²) >= 11 is 2.97. The van der Waals surface area contributed by atoms with Crippen LogP contribution < -0.4 is 10.6 Å². The zero-order chi connectivity index (χ0) is 29.4.